The van der Waals surface area contributed by atoms with Gasteiger partial charge in [0.15, 0.2) is 0 Å². The van der Waals surface area contributed by atoms with Gasteiger partial charge in [0.05, 0.1) is 5.39 Å². The number of nitrogens with one attached hydrogen (secondary N) is 1. The van der Waals surface area contributed by atoms with Gasteiger partial charge in [-0.2, -0.15) is 4.68 Å². The molecule has 0 aliphatic carbocycles. The van der Waals surface area contributed by atoms with Gasteiger partial charge >= 0.3 is 0 Å². The van der Waals surface area contributed by atoms with E-state index in [0.29, 0.717) is 41.4 Å². The van der Waals surface area contributed by atoms with Gasteiger partial charge < -0.3 is 20.4 Å². The van der Waals surface area contributed by atoms with E-state index in [1.54, 1.807) is 24.3 Å². The summed E-state index contributed by atoms with van der Waals surface area (Å²) in [6.45, 7) is 6.19. The van der Waals surface area contributed by atoms with Crippen LogP contribution in [0.15, 0.2) is 47.3 Å². The van der Waals surface area contributed by atoms with Crippen LogP contribution in [-0.2, 0) is 14.4 Å². The highest BCUT2D eigenvalue weighted by molar-refractivity contribution is 5.99. The van der Waals surface area contributed by atoms with Gasteiger partial charge in [-0.3, -0.25) is 29.3 Å². The van der Waals surface area contributed by atoms with Crippen LogP contribution < -0.4 is 21.5 Å². The molecule has 2 aromatic carbocycles. The van der Waals surface area contributed by atoms with Crippen LogP contribution in [0.3, 0.4) is 0 Å². The Balaban J connectivity index is 0.857. The molecule has 4 aliphatic rings. The number of hydrogen-bond acceptors (Lipinski definition) is 9. The molecule has 13 heteroatoms. The highest BCUT2D eigenvalue weighted by atomic mass is 16.2. The lowest BCUT2D eigenvalue weighted by Crippen LogP contribution is -2.47. The maximum absolute atomic E-state index is 13.5. The number of carbonyl (C=O) groups excluding carboxylic acids is 4. The molecule has 0 bridgehead atoms. The lowest BCUT2D eigenvalue weighted by molar-refractivity contribution is -0.138. The number of rotatable bonds is 6. The highest BCUT2D eigenvalue weighted by Crippen LogP contribution is 2.29. The smallest absolute Gasteiger partial charge is 0.278 e. The van der Waals surface area contributed by atoms with Gasteiger partial charge in [0.2, 0.25) is 17.7 Å². The van der Waals surface area contributed by atoms with Crippen LogP contribution >= 0.6 is 0 Å². The zero-order chi connectivity index (χ0) is 35.5. The number of likely N-dealkylation sites (tertiary alicyclic amines) is 2. The number of primary amides is 1. The Hall–Kier alpha value is -5.09. The maximum Gasteiger partial charge on any atom is 0.278 e. The summed E-state index contributed by atoms with van der Waals surface area (Å²) >= 11 is 0. The Morgan fingerprint density at radius 1 is 0.863 bits per heavy atom. The van der Waals surface area contributed by atoms with Gasteiger partial charge in [-0.15, -0.1) is 5.10 Å². The topological polar surface area (TPSA) is 164 Å². The van der Waals surface area contributed by atoms with Gasteiger partial charge in [-0.1, -0.05) is 17.1 Å². The maximum atomic E-state index is 13.5. The quantitative estimate of drug-likeness (QED) is 0.291. The normalized spacial score (nSPS) is 21.3. The average Bonchev–Trinajstić information content (AvgIpc) is 3.15. The number of fused-ring (bicyclic) bond motifs is 1. The van der Waals surface area contributed by atoms with Crippen molar-refractivity contribution in [1.82, 2.24) is 30.1 Å². The van der Waals surface area contributed by atoms with Crippen molar-refractivity contribution in [2.75, 3.05) is 50.7 Å². The third-order valence-corrected chi connectivity index (χ3v) is 11.0. The van der Waals surface area contributed by atoms with Crippen LogP contribution in [0.1, 0.15) is 73.3 Å². The molecule has 266 valence electrons. The standard InChI is InChI=1S/C38H44N8O5/c39-35(48)28-5-3-25(4-6-28)1-2-26-11-17-43(18-12-26)24-27-13-19-45(20-14-27)37(50)29-15-21-44(22-16-29)30-7-8-32-31(23-30)38(51)46(42-41-32)33-9-10-34(47)40-36(33)49/h3-8,23,26-27,29,33H,9-22,24H2,(H2,39,48)(H,40,47,49). The molecule has 0 radical (unpaired) electrons. The fourth-order valence-electron chi connectivity index (χ4n) is 7.87. The molecule has 1 unspecified atom stereocenters. The number of aromatic nitrogens is 3. The van der Waals surface area contributed by atoms with E-state index < -0.39 is 23.4 Å². The van der Waals surface area contributed by atoms with E-state index in [9.17, 15) is 24.0 Å². The van der Waals surface area contributed by atoms with E-state index in [2.05, 4.69) is 42.2 Å². The van der Waals surface area contributed by atoms with Crippen molar-refractivity contribution in [3.63, 3.8) is 0 Å². The number of piperidine rings is 4. The molecule has 0 saturated carbocycles. The Bertz CT molecular complexity index is 1930. The van der Waals surface area contributed by atoms with Gasteiger partial charge in [-0.05, 0) is 106 Å². The van der Waals surface area contributed by atoms with Crippen molar-refractivity contribution < 1.29 is 19.2 Å². The van der Waals surface area contributed by atoms with Crippen LogP contribution in [0.5, 0.6) is 0 Å². The minimum atomic E-state index is -0.866. The average molecular weight is 693 g/mol. The summed E-state index contributed by atoms with van der Waals surface area (Å²) in [7, 11) is 0. The summed E-state index contributed by atoms with van der Waals surface area (Å²) < 4.78 is 1.08. The largest absolute Gasteiger partial charge is 0.371 e. The fourth-order valence-corrected chi connectivity index (χ4v) is 7.87. The molecule has 5 heterocycles. The van der Waals surface area contributed by atoms with Crippen LogP contribution in [0, 0.1) is 29.6 Å². The predicted octanol–water partition coefficient (Wildman–Crippen LogP) is 2.09. The summed E-state index contributed by atoms with van der Waals surface area (Å²) in [6, 6.07) is 11.7. The molecule has 4 fully saturated rings. The van der Waals surface area contributed by atoms with E-state index in [1.165, 1.54) is 0 Å². The molecule has 4 saturated heterocycles. The zero-order valence-electron chi connectivity index (χ0n) is 28.8. The predicted molar refractivity (Wildman–Crippen MR) is 190 cm³/mol. The molecule has 13 nitrogen and oxygen atoms in total. The fraction of sp³-hybridized carbons (Fsp3) is 0.500. The van der Waals surface area contributed by atoms with Crippen molar-refractivity contribution >= 4 is 40.2 Å². The minimum Gasteiger partial charge on any atom is -0.371 e. The Labute approximate surface area is 296 Å². The number of nitrogens with two attached hydrogens (primary N) is 1. The Kier molecular flexibility index (Phi) is 10.1. The molecular weight excluding hydrogens is 648 g/mol. The van der Waals surface area contributed by atoms with E-state index in [-0.39, 0.29) is 30.6 Å². The lowest BCUT2D eigenvalue weighted by atomic mass is 9.90. The van der Waals surface area contributed by atoms with Gasteiger partial charge in [-0.25, -0.2) is 0 Å². The number of carbonyl (C=O) groups is 4. The van der Waals surface area contributed by atoms with Gasteiger partial charge in [0.25, 0.3) is 11.5 Å². The third kappa shape index (κ3) is 7.81. The number of anilines is 1. The van der Waals surface area contributed by atoms with Crippen LogP contribution in [0.25, 0.3) is 10.9 Å². The van der Waals surface area contributed by atoms with Gasteiger partial charge in [0.1, 0.15) is 11.6 Å². The number of imide groups is 1. The summed E-state index contributed by atoms with van der Waals surface area (Å²) in [6.07, 6.45) is 6.02. The SMILES string of the molecule is NC(=O)c1ccc(C#CC2CCN(CC3CCN(C(=O)C4CCN(c5ccc6nnn(C7CCC(=O)NC7=O)c(=O)c6c5)CC4)CC3)CC2)cc1. The van der Waals surface area contributed by atoms with Crippen LogP contribution in [0.2, 0.25) is 0 Å². The van der Waals surface area contributed by atoms with E-state index >= 15 is 0 Å². The first-order valence-electron chi connectivity index (χ1n) is 18.1. The van der Waals surface area contributed by atoms with E-state index in [4.69, 9.17) is 5.73 Å². The Morgan fingerprint density at radius 3 is 2.27 bits per heavy atom. The van der Waals surface area contributed by atoms with Crippen molar-refractivity contribution in [2.45, 2.75) is 57.4 Å². The zero-order valence-corrected chi connectivity index (χ0v) is 28.8. The summed E-state index contributed by atoms with van der Waals surface area (Å²) in [5.74, 6) is 6.58. The van der Waals surface area contributed by atoms with Crippen molar-refractivity contribution in [2.24, 2.45) is 23.5 Å². The second-order valence-corrected chi connectivity index (χ2v) is 14.3. The summed E-state index contributed by atoms with van der Waals surface area (Å²) in [5.41, 5.74) is 7.63. The molecule has 0 spiro atoms. The molecule has 4 aliphatic heterocycles. The third-order valence-electron chi connectivity index (χ3n) is 11.0. The van der Waals surface area contributed by atoms with E-state index in [0.717, 1.165) is 87.2 Å². The number of benzene rings is 2. The molecule has 1 atom stereocenters. The number of hydrogen-bond donors (Lipinski definition) is 2. The monoisotopic (exact) mass is 692 g/mol. The molecule has 3 aromatic rings. The summed E-state index contributed by atoms with van der Waals surface area (Å²) in [4.78, 5) is 69.0. The highest BCUT2D eigenvalue weighted by Gasteiger charge is 2.33. The van der Waals surface area contributed by atoms with Crippen molar-refractivity contribution in [1.29, 1.82) is 0 Å². The first kappa shape index (κ1) is 34.4. The van der Waals surface area contributed by atoms with Crippen LogP contribution in [-0.4, -0.2) is 94.2 Å². The number of nitrogens with zero attached hydrogens (tertiary/aromatic N) is 6. The molecular formula is C38H44N8O5. The van der Waals surface area contributed by atoms with Gasteiger partial charge in [0, 0.05) is 67.8 Å². The molecule has 1 aromatic heterocycles. The molecule has 7 rings (SSSR count). The molecule has 4 amide bonds. The second-order valence-electron chi connectivity index (χ2n) is 14.3. The number of amides is 4. The summed E-state index contributed by atoms with van der Waals surface area (Å²) in [5, 5.41) is 10.8. The minimum absolute atomic E-state index is 0.00453. The van der Waals surface area contributed by atoms with Crippen molar-refractivity contribution in [3.05, 3.63) is 63.9 Å². The Morgan fingerprint density at radius 2 is 1.59 bits per heavy atom. The lowest BCUT2D eigenvalue weighted by Gasteiger charge is -2.39. The molecule has 3 N–H and O–H groups in total. The first-order valence-corrected chi connectivity index (χ1v) is 18.1. The first-order chi connectivity index (χ1) is 24.7. The van der Waals surface area contributed by atoms with E-state index in [1.807, 2.05) is 18.2 Å². The molecule has 51 heavy (non-hydrogen) atoms. The second kappa shape index (κ2) is 15.0. The van der Waals surface area contributed by atoms with Crippen LogP contribution in [0.4, 0.5) is 5.69 Å². The van der Waals surface area contributed by atoms with Crippen molar-refractivity contribution in [3.8, 4) is 11.8 Å².